The van der Waals surface area contributed by atoms with Crippen molar-refractivity contribution in [2.75, 3.05) is 5.32 Å². The first-order chi connectivity index (χ1) is 15.2. The highest BCUT2D eigenvalue weighted by atomic mass is 35.5. The van der Waals surface area contributed by atoms with Crippen LogP contribution in [-0.2, 0) is 4.79 Å². The Morgan fingerprint density at radius 2 is 1.61 bits per heavy atom. The van der Waals surface area contributed by atoms with Gasteiger partial charge >= 0.3 is 0 Å². The van der Waals surface area contributed by atoms with Crippen molar-refractivity contribution in [1.29, 1.82) is 0 Å². The second kappa shape index (κ2) is 7.10. The lowest BCUT2D eigenvalue weighted by molar-refractivity contribution is -0.116. The van der Waals surface area contributed by atoms with E-state index < -0.39 is 0 Å². The molecule has 0 saturated heterocycles. The third kappa shape index (κ3) is 2.98. The summed E-state index contributed by atoms with van der Waals surface area (Å²) in [5, 5.41) is 4.20. The molecule has 0 fully saturated rings. The number of Topliss-reactive ketones (excluding diaryl/α,β-unsaturated/α-hetero) is 1. The molecular weight excluding hydrogens is 406 g/mol. The molecule has 0 radical (unpaired) electrons. The van der Waals surface area contributed by atoms with Crippen LogP contribution in [0.3, 0.4) is 0 Å². The molecule has 2 aliphatic rings. The van der Waals surface area contributed by atoms with Gasteiger partial charge in [-0.3, -0.25) is 9.36 Å². The largest absolute Gasteiger partial charge is 0.329 e. The number of fused-ring (bicyclic) bond motifs is 3. The average molecular weight is 426 g/mol. The monoisotopic (exact) mass is 425 g/mol. The van der Waals surface area contributed by atoms with Gasteiger partial charge in [0, 0.05) is 22.7 Å². The Labute approximate surface area is 185 Å². The van der Waals surface area contributed by atoms with Crippen LogP contribution in [0.15, 0.2) is 90.1 Å². The van der Waals surface area contributed by atoms with Gasteiger partial charge in [0.2, 0.25) is 5.95 Å². The normalized spacial score (nSPS) is 20.4. The smallest absolute Gasteiger partial charge is 0.209 e. The summed E-state index contributed by atoms with van der Waals surface area (Å²) < 4.78 is 2.15. The van der Waals surface area contributed by atoms with Crippen LogP contribution in [0.4, 0.5) is 5.95 Å². The lowest BCUT2D eigenvalue weighted by Crippen LogP contribution is -2.33. The fourth-order valence-corrected chi connectivity index (χ4v) is 5.07. The minimum Gasteiger partial charge on any atom is -0.329 e. The van der Waals surface area contributed by atoms with Crippen LogP contribution in [0.2, 0.25) is 5.02 Å². The molecule has 2 atom stereocenters. The molecule has 1 aromatic heterocycles. The first kappa shape index (κ1) is 18.4. The van der Waals surface area contributed by atoms with Gasteiger partial charge in [0.15, 0.2) is 5.78 Å². The van der Waals surface area contributed by atoms with Gasteiger partial charge in [-0.15, -0.1) is 0 Å². The molecule has 0 unspecified atom stereocenters. The summed E-state index contributed by atoms with van der Waals surface area (Å²) in [5.74, 6) is 1.13. The molecule has 1 aliphatic carbocycles. The first-order valence-corrected chi connectivity index (χ1v) is 10.9. The fraction of sp³-hybridized carbons (Fsp3) is 0.154. The van der Waals surface area contributed by atoms with Crippen molar-refractivity contribution in [3.63, 3.8) is 0 Å². The molecule has 0 spiro atoms. The number of hydrogen-bond acceptors (Lipinski definition) is 3. The minimum atomic E-state index is -0.222. The number of rotatable bonds is 2. The number of carbonyl (C=O) groups excluding carboxylic acids is 1. The molecule has 0 saturated carbocycles. The fourth-order valence-electron chi connectivity index (χ4n) is 4.95. The number of nitrogens with zero attached hydrogens (tertiary/aromatic N) is 2. The zero-order chi connectivity index (χ0) is 20.9. The van der Waals surface area contributed by atoms with Gasteiger partial charge in [-0.05, 0) is 47.7 Å². The van der Waals surface area contributed by atoms with Crippen molar-refractivity contribution < 1.29 is 4.79 Å². The Kier molecular flexibility index (Phi) is 4.22. The topological polar surface area (TPSA) is 46.9 Å². The molecule has 4 aromatic rings. The van der Waals surface area contributed by atoms with Crippen molar-refractivity contribution in [3.05, 3.63) is 106 Å². The summed E-state index contributed by atoms with van der Waals surface area (Å²) >= 11 is 6.17. The van der Waals surface area contributed by atoms with Crippen LogP contribution in [0.1, 0.15) is 35.9 Å². The maximum atomic E-state index is 13.6. The molecular formula is C26H20ClN3O. The maximum Gasteiger partial charge on any atom is 0.209 e. The van der Waals surface area contributed by atoms with Crippen LogP contribution in [0.25, 0.3) is 11.0 Å². The van der Waals surface area contributed by atoms with Gasteiger partial charge < -0.3 is 5.32 Å². The molecule has 3 aromatic carbocycles. The zero-order valence-electron chi connectivity index (χ0n) is 16.8. The lowest BCUT2D eigenvalue weighted by Gasteiger charge is -2.36. The maximum absolute atomic E-state index is 13.6. The van der Waals surface area contributed by atoms with E-state index in [0.717, 1.165) is 40.2 Å². The van der Waals surface area contributed by atoms with Crippen LogP contribution in [0.5, 0.6) is 0 Å². The van der Waals surface area contributed by atoms with E-state index in [2.05, 4.69) is 28.1 Å². The number of nitrogens with one attached hydrogen (secondary N) is 1. The predicted octanol–water partition coefficient (Wildman–Crippen LogP) is 6.11. The summed E-state index contributed by atoms with van der Waals surface area (Å²) in [4.78, 5) is 18.4. The summed E-state index contributed by atoms with van der Waals surface area (Å²) in [5.41, 5.74) is 5.98. The predicted molar refractivity (Wildman–Crippen MR) is 123 cm³/mol. The van der Waals surface area contributed by atoms with Crippen molar-refractivity contribution in [1.82, 2.24) is 9.55 Å². The Morgan fingerprint density at radius 1 is 0.871 bits per heavy atom. The van der Waals surface area contributed by atoms with E-state index in [0.29, 0.717) is 11.4 Å². The van der Waals surface area contributed by atoms with E-state index in [-0.39, 0.29) is 17.7 Å². The van der Waals surface area contributed by atoms with Gasteiger partial charge in [-0.25, -0.2) is 4.98 Å². The van der Waals surface area contributed by atoms with Crippen molar-refractivity contribution in [2.24, 2.45) is 0 Å². The second-order valence-electron chi connectivity index (χ2n) is 8.20. The first-order valence-electron chi connectivity index (χ1n) is 10.5. The summed E-state index contributed by atoms with van der Waals surface area (Å²) in [7, 11) is 0. The van der Waals surface area contributed by atoms with Gasteiger partial charge in [0.05, 0.1) is 17.1 Å². The van der Waals surface area contributed by atoms with E-state index in [9.17, 15) is 4.79 Å². The van der Waals surface area contributed by atoms with Crippen LogP contribution >= 0.6 is 11.6 Å². The molecule has 6 rings (SSSR count). The Morgan fingerprint density at radius 3 is 2.42 bits per heavy atom. The van der Waals surface area contributed by atoms with Gasteiger partial charge in [-0.1, -0.05) is 66.2 Å². The number of anilines is 1. The number of ketones is 1. The minimum absolute atomic E-state index is 0.168. The second-order valence-corrected chi connectivity index (χ2v) is 8.64. The highest BCUT2D eigenvalue weighted by Gasteiger charge is 2.39. The quantitative estimate of drug-likeness (QED) is 0.421. The number of imidazole rings is 1. The molecule has 1 N–H and O–H groups in total. The highest BCUT2D eigenvalue weighted by Crippen LogP contribution is 2.46. The van der Waals surface area contributed by atoms with E-state index in [1.165, 1.54) is 5.56 Å². The third-order valence-electron chi connectivity index (χ3n) is 6.35. The summed E-state index contributed by atoms with van der Waals surface area (Å²) in [6, 6.07) is 25.9. The van der Waals surface area contributed by atoms with Crippen molar-refractivity contribution in [3.8, 4) is 0 Å². The number of para-hydroxylation sites is 2. The van der Waals surface area contributed by atoms with Crippen LogP contribution in [-0.4, -0.2) is 15.3 Å². The standard InChI is InChI=1S/C26H20ClN3O/c27-19-12-10-17(11-13-19)25-24-21(14-18(15-23(24)31)16-6-2-1-3-7-16)29-26-28-20-8-4-5-9-22(20)30(25)26/h1-13,18,25H,14-15H2,(H,28,29)/t18-,25+/m0/s1. The molecule has 2 heterocycles. The lowest BCUT2D eigenvalue weighted by atomic mass is 9.78. The zero-order valence-corrected chi connectivity index (χ0v) is 17.5. The molecule has 31 heavy (non-hydrogen) atoms. The summed E-state index contributed by atoms with van der Waals surface area (Å²) in [6.07, 6.45) is 1.30. The number of allylic oxidation sites excluding steroid dienone is 2. The van der Waals surface area contributed by atoms with E-state index >= 15 is 0 Å². The Balaban J connectivity index is 1.54. The highest BCUT2D eigenvalue weighted by molar-refractivity contribution is 6.30. The molecule has 0 bridgehead atoms. The number of aromatic nitrogens is 2. The van der Waals surface area contributed by atoms with Crippen molar-refractivity contribution >= 4 is 34.4 Å². The van der Waals surface area contributed by atoms with E-state index in [1.54, 1.807) is 0 Å². The molecule has 4 nitrogen and oxygen atoms in total. The van der Waals surface area contributed by atoms with E-state index in [1.807, 2.05) is 60.7 Å². The van der Waals surface area contributed by atoms with Gasteiger partial charge in [0.1, 0.15) is 0 Å². The van der Waals surface area contributed by atoms with Gasteiger partial charge in [0.25, 0.3) is 0 Å². The molecule has 152 valence electrons. The average Bonchev–Trinajstić information content (AvgIpc) is 3.17. The molecule has 1 aliphatic heterocycles. The molecule has 0 amide bonds. The molecule has 5 heteroatoms. The van der Waals surface area contributed by atoms with Gasteiger partial charge in [-0.2, -0.15) is 0 Å². The number of benzene rings is 3. The Bertz CT molecular complexity index is 1340. The van der Waals surface area contributed by atoms with Crippen molar-refractivity contribution in [2.45, 2.75) is 24.8 Å². The number of carbonyl (C=O) groups is 1. The Hall–Kier alpha value is -3.37. The SMILES string of the molecule is O=C1C[C@@H](c2ccccc2)CC2=C1[C@@H](c1ccc(Cl)cc1)n1c(nc3ccccc31)N2. The summed E-state index contributed by atoms with van der Waals surface area (Å²) in [6.45, 7) is 0. The number of halogens is 1. The van der Waals surface area contributed by atoms with Crippen LogP contribution in [0, 0.1) is 0 Å². The van der Waals surface area contributed by atoms with E-state index in [4.69, 9.17) is 16.6 Å². The number of hydrogen-bond donors (Lipinski definition) is 1. The third-order valence-corrected chi connectivity index (χ3v) is 6.61. The van der Waals surface area contributed by atoms with Crippen LogP contribution < -0.4 is 5.32 Å².